The first-order chi connectivity index (χ1) is 10.8. The van der Waals surface area contributed by atoms with Crippen molar-refractivity contribution < 1.29 is 9.53 Å². The van der Waals surface area contributed by atoms with Crippen molar-refractivity contribution in [2.24, 2.45) is 5.92 Å². The van der Waals surface area contributed by atoms with E-state index >= 15 is 0 Å². The summed E-state index contributed by atoms with van der Waals surface area (Å²) < 4.78 is 5.44. The highest BCUT2D eigenvalue weighted by Crippen LogP contribution is 2.22. The van der Waals surface area contributed by atoms with Gasteiger partial charge in [0.2, 0.25) is 0 Å². The van der Waals surface area contributed by atoms with E-state index in [4.69, 9.17) is 4.74 Å². The Morgan fingerprint density at radius 1 is 1.26 bits per heavy atom. The zero-order valence-electron chi connectivity index (χ0n) is 15.1. The maximum atomic E-state index is 12.1. The average Bonchev–Trinajstić information content (AvgIpc) is 2.47. The van der Waals surface area contributed by atoms with Crippen molar-refractivity contribution in [1.82, 2.24) is 4.90 Å². The van der Waals surface area contributed by atoms with Gasteiger partial charge in [0.25, 0.3) is 0 Å². The Balaban J connectivity index is 1.79. The Kier molecular flexibility index (Phi) is 5.55. The monoisotopic (exact) mass is 318 g/mol. The SMILES string of the molecule is Cc1cccc(NCC2CCN(C(=O)OC(C)(C)C)CC2)c1C. The Bertz CT molecular complexity index is 541. The van der Waals surface area contributed by atoms with Gasteiger partial charge in [0.05, 0.1) is 0 Å². The van der Waals surface area contributed by atoms with Crippen molar-refractivity contribution >= 4 is 11.8 Å². The van der Waals surface area contributed by atoms with Gasteiger partial charge in [-0.3, -0.25) is 0 Å². The van der Waals surface area contributed by atoms with E-state index in [1.807, 2.05) is 25.7 Å². The molecule has 2 rings (SSSR count). The number of nitrogens with zero attached hydrogens (tertiary/aromatic N) is 1. The standard InChI is InChI=1S/C19H30N2O2/c1-14-7-6-8-17(15(14)2)20-13-16-9-11-21(12-10-16)18(22)23-19(3,4)5/h6-8,16,20H,9-13H2,1-5H3. The fourth-order valence-electron chi connectivity index (χ4n) is 2.84. The number of amides is 1. The minimum absolute atomic E-state index is 0.182. The first-order valence-electron chi connectivity index (χ1n) is 8.54. The van der Waals surface area contributed by atoms with Gasteiger partial charge in [0.1, 0.15) is 5.60 Å². The van der Waals surface area contributed by atoms with Crippen LogP contribution in [-0.4, -0.2) is 36.2 Å². The lowest BCUT2D eigenvalue weighted by Crippen LogP contribution is -2.42. The molecule has 1 aliphatic heterocycles. The van der Waals surface area contributed by atoms with Crippen LogP contribution in [0.15, 0.2) is 18.2 Å². The van der Waals surface area contributed by atoms with Gasteiger partial charge in [-0.25, -0.2) is 4.79 Å². The number of hydrogen-bond donors (Lipinski definition) is 1. The van der Waals surface area contributed by atoms with Gasteiger partial charge in [-0.1, -0.05) is 12.1 Å². The minimum Gasteiger partial charge on any atom is -0.444 e. The molecule has 1 saturated heterocycles. The van der Waals surface area contributed by atoms with Crippen molar-refractivity contribution in [1.29, 1.82) is 0 Å². The summed E-state index contributed by atoms with van der Waals surface area (Å²) in [5, 5.41) is 3.57. The van der Waals surface area contributed by atoms with Gasteiger partial charge >= 0.3 is 6.09 Å². The highest BCUT2D eigenvalue weighted by Gasteiger charge is 2.26. The second-order valence-corrected chi connectivity index (χ2v) is 7.54. The summed E-state index contributed by atoms with van der Waals surface area (Å²) in [6.07, 6.45) is 1.87. The summed E-state index contributed by atoms with van der Waals surface area (Å²) in [5.74, 6) is 0.605. The molecule has 0 aromatic heterocycles. The molecule has 128 valence electrons. The van der Waals surface area contributed by atoms with Crippen LogP contribution in [-0.2, 0) is 4.74 Å². The van der Waals surface area contributed by atoms with Crippen LogP contribution in [0, 0.1) is 19.8 Å². The number of likely N-dealkylation sites (tertiary alicyclic amines) is 1. The van der Waals surface area contributed by atoms with E-state index in [1.54, 1.807) is 0 Å². The minimum atomic E-state index is -0.418. The molecule has 0 aliphatic carbocycles. The summed E-state index contributed by atoms with van der Waals surface area (Å²) in [6, 6.07) is 6.37. The maximum Gasteiger partial charge on any atom is 0.410 e. The summed E-state index contributed by atoms with van der Waals surface area (Å²) in [5.41, 5.74) is 3.44. The maximum absolute atomic E-state index is 12.1. The van der Waals surface area contributed by atoms with E-state index < -0.39 is 5.60 Å². The van der Waals surface area contributed by atoms with Crippen LogP contribution in [0.4, 0.5) is 10.5 Å². The number of carbonyl (C=O) groups is 1. The van der Waals surface area contributed by atoms with Gasteiger partial charge in [-0.05, 0) is 70.6 Å². The molecule has 1 aromatic rings. The van der Waals surface area contributed by atoms with Crippen LogP contribution in [0.25, 0.3) is 0 Å². The van der Waals surface area contributed by atoms with Crippen LogP contribution in [0.1, 0.15) is 44.7 Å². The molecule has 1 fully saturated rings. The summed E-state index contributed by atoms with van der Waals surface area (Å²) in [4.78, 5) is 13.9. The summed E-state index contributed by atoms with van der Waals surface area (Å²) in [6.45, 7) is 12.6. The molecule has 0 bridgehead atoms. The van der Waals surface area contributed by atoms with Gasteiger partial charge in [-0.15, -0.1) is 0 Å². The fraction of sp³-hybridized carbons (Fsp3) is 0.632. The smallest absolute Gasteiger partial charge is 0.410 e. The molecular weight excluding hydrogens is 288 g/mol. The van der Waals surface area contributed by atoms with E-state index in [0.717, 1.165) is 32.5 Å². The molecule has 4 heteroatoms. The molecule has 1 N–H and O–H groups in total. The van der Waals surface area contributed by atoms with E-state index in [0.29, 0.717) is 5.92 Å². The lowest BCUT2D eigenvalue weighted by Gasteiger charge is -2.33. The molecule has 0 atom stereocenters. The molecule has 1 aliphatic rings. The lowest BCUT2D eigenvalue weighted by molar-refractivity contribution is 0.0188. The summed E-state index contributed by atoms with van der Waals surface area (Å²) >= 11 is 0. The van der Waals surface area contributed by atoms with Crippen LogP contribution in [0.3, 0.4) is 0 Å². The Morgan fingerprint density at radius 2 is 1.91 bits per heavy atom. The largest absolute Gasteiger partial charge is 0.444 e. The molecule has 1 aromatic carbocycles. The quantitative estimate of drug-likeness (QED) is 0.900. The third kappa shape index (κ3) is 5.15. The van der Waals surface area contributed by atoms with Crippen LogP contribution >= 0.6 is 0 Å². The van der Waals surface area contributed by atoms with E-state index in [9.17, 15) is 4.79 Å². The third-order valence-corrected chi connectivity index (χ3v) is 4.45. The molecule has 0 radical (unpaired) electrons. The van der Waals surface area contributed by atoms with E-state index in [2.05, 4.69) is 37.4 Å². The molecule has 4 nitrogen and oxygen atoms in total. The number of nitrogens with one attached hydrogen (secondary N) is 1. The van der Waals surface area contributed by atoms with Gasteiger partial charge < -0.3 is 15.0 Å². The van der Waals surface area contributed by atoms with E-state index in [-0.39, 0.29) is 6.09 Å². The highest BCUT2D eigenvalue weighted by molar-refractivity contribution is 5.68. The molecule has 1 heterocycles. The Labute approximate surface area is 140 Å². The number of rotatable bonds is 3. The highest BCUT2D eigenvalue weighted by atomic mass is 16.6. The number of hydrogen-bond acceptors (Lipinski definition) is 3. The van der Waals surface area contributed by atoms with Gasteiger partial charge in [-0.2, -0.15) is 0 Å². The third-order valence-electron chi connectivity index (χ3n) is 4.45. The van der Waals surface area contributed by atoms with Crippen molar-refractivity contribution in [2.75, 3.05) is 25.0 Å². The molecule has 0 unspecified atom stereocenters. The topological polar surface area (TPSA) is 41.6 Å². The molecular formula is C19H30N2O2. The lowest BCUT2D eigenvalue weighted by atomic mass is 9.96. The van der Waals surface area contributed by atoms with Crippen molar-refractivity contribution in [3.05, 3.63) is 29.3 Å². The number of carbonyl (C=O) groups excluding carboxylic acids is 1. The van der Waals surface area contributed by atoms with Gasteiger partial charge in [0.15, 0.2) is 0 Å². The second-order valence-electron chi connectivity index (χ2n) is 7.54. The molecule has 23 heavy (non-hydrogen) atoms. The normalized spacial score (nSPS) is 16.3. The van der Waals surface area contributed by atoms with Crippen LogP contribution in [0.5, 0.6) is 0 Å². The zero-order valence-corrected chi connectivity index (χ0v) is 15.1. The van der Waals surface area contributed by atoms with Crippen molar-refractivity contribution in [3.63, 3.8) is 0 Å². The van der Waals surface area contributed by atoms with Crippen LogP contribution in [0.2, 0.25) is 0 Å². The number of piperidine rings is 1. The first-order valence-corrected chi connectivity index (χ1v) is 8.54. The predicted octanol–water partition coefficient (Wildman–Crippen LogP) is 4.36. The number of aryl methyl sites for hydroxylation is 1. The average molecular weight is 318 g/mol. The van der Waals surface area contributed by atoms with E-state index in [1.165, 1.54) is 16.8 Å². The van der Waals surface area contributed by atoms with Crippen molar-refractivity contribution in [3.8, 4) is 0 Å². The second kappa shape index (κ2) is 7.24. The zero-order chi connectivity index (χ0) is 17.0. The Hall–Kier alpha value is -1.71. The number of ether oxygens (including phenoxy) is 1. The Morgan fingerprint density at radius 3 is 2.52 bits per heavy atom. The number of anilines is 1. The molecule has 1 amide bonds. The molecule has 0 saturated carbocycles. The first kappa shape index (κ1) is 17.6. The fourth-order valence-corrected chi connectivity index (χ4v) is 2.84. The summed E-state index contributed by atoms with van der Waals surface area (Å²) in [7, 11) is 0. The van der Waals surface area contributed by atoms with Crippen LogP contribution < -0.4 is 5.32 Å². The van der Waals surface area contributed by atoms with Gasteiger partial charge in [0, 0.05) is 25.3 Å². The molecule has 0 spiro atoms. The number of benzene rings is 1. The van der Waals surface area contributed by atoms with Crippen molar-refractivity contribution in [2.45, 2.75) is 53.1 Å². The predicted molar refractivity (Wildman–Crippen MR) is 94.9 cm³/mol.